The van der Waals surface area contributed by atoms with Gasteiger partial charge in [-0.15, -0.1) is 12.4 Å². The molecule has 1 atom stereocenters. The van der Waals surface area contributed by atoms with Crippen molar-refractivity contribution in [3.63, 3.8) is 0 Å². The van der Waals surface area contributed by atoms with Gasteiger partial charge < -0.3 is 35.1 Å². The predicted octanol–water partition coefficient (Wildman–Crippen LogP) is 8.71. The van der Waals surface area contributed by atoms with Gasteiger partial charge in [-0.3, -0.25) is 14.9 Å². The van der Waals surface area contributed by atoms with Crippen molar-refractivity contribution in [2.75, 3.05) is 21.7 Å². The number of aryl methyl sites for hydroxylation is 5. The summed E-state index contributed by atoms with van der Waals surface area (Å²) < 4.78 is 15.6. The van der Waals surface area contributed by atoms with Gasteiger partial charge in [0.1, 0.15) is 29.0 Å². The number of benzene rings is 2. The number of nitrogen functional groups attached to an aromatic ring is 1. The number of Topliss-reactive ketones (excluding diaryl/α,β-unsaturated/α-hetero) is 1. The zero-order chi connectivity index (χ0) is 43.6. The number of para-hydroxylation sites is 1. The number of nitriles is 1. The molecule has 0 radical (unpaired) electrons. The van der Waals surface area contributed by atoms with Crippen LogP contribution in [0.25, 0.3) is 0 Å². The van der Waals surface area contributed by atoms with Crippen LogP contribution in [-0.4, -0.2) is 38.4 Å². The van der Waals surface area contributed by atoms with Crippen LogP contribution >= 0.6 is 12.4 Å². The van der Waals surface area contributed by atoms with Crippen LogP contribution in [0.4, 0.5) is 27.9 Å². The summed E-state index contributed by atoms with van der Waals surface area (Å²) in [6.45, 7) is 3.97. The Labute approximate surface area is 367 Å². The first-order chi connectivity index (χ1) is 29.7. The minimum Gasteiger partial charge on any atom is -0.381 e. The summed E-state index contributed by atoms with van der Waals surface area (Å²) in [5, 5.41) is 35.0. The Morgan fingerprint density at radius 3 is 1.74 bits per heavy atom. The molecule has 62 heavy (non-hydrogen) atoms. The van der Waals surface area contributed by atoms with E-state index in [1.54, 1.807) is 0 Å². The highest BCUT2D eigenvalue weighted by Gasteiger charge is 2.23. The number of fused-ring (bicyclic) bond motifs is 3. The number of nitrogens with one attached hydrogen (secondary N) is 3. The Bertz CT molecular complexity index is 2150. The lowest BCUT2D eigenvalue weighted by molar-refractivity contribution is -0.122. The molecule has 0 bridgehead atoms. The molecule has 9 rings (SSSR count). The summed E-state index contributed by atoms with van der Waals surface area (Å²) in [6, 6.07) is 17.3. The highest BCUT2D eigenvalue weighted by atomic mass is 35.5. The van der Waals surface area contributed by atoms with Gasteiger partial charge >= 0.3 is 6.03 Å². The normalized spacial score (nSPS) is 15.7. The Hall–Kier alpha value is -6.02. The van der Waals surface area contributed by atoms with Gasteiger partial charge in [0, 0.05) is 48.1 Å². The number of anilines is 4. The lowest BCUT2D eigenvalue weighted by atomic mass is 9.89. The predicted molar refractivity (Wildman–Crippen MR) is 237 cm³/mol. The van der Waals surface area contributed by atoms with E-state index in [1.807, 2.05) is 68.4 Å². The molecule has 1 saturated carbocycles. The van der Waals surface area contributed by atoms with Gasteiger partial charge in [0.25, 0.3) is 0 Å². The molecule has 3 heterocycles. The third-order valence-electron chi connectivity index (χ3n) is 11.1. The largest absolute Gasteiger partial charge is 0.381 e. The van der Waals surface area contributed by atoms with Gasteiger partial charge in [0.2, 0.25) is 5.91 Å². The number of hydrogen-bond acceptors (Lipinski definition) is 13. The molecule has 4 aliphatic rings. The number of aromatic nitrogens is 3. The monoisotopic (exact) mass is 871 g/mol. The van der Waals surface area contributed by atoms with Crippen LogP contribution in [0.15, 0.2) is 62.1 Å². The smallest absolute Gasteiger partial charge is 0.324 e. The summed E-state index contributed by atoms with van der Waals surface area (Å²) in [5.74, 6) is 7.91. The third-order valence-corrected chi connectivity index (χ3v) is 11.1. The number of halogens is 1. The maximum atomic E-state index is 12.1. The first-order valence-corrected chi connectivity index (χ1v) is 21.0. The van der Waals surface area contributed by atoms with E-state index >= 15 is 0 Å². The van der Waals surface area contributed by atoms with Gasteiger partial charge in [-0.05, 0) is 107 Å². The van der Waals surface area contributed by atoms with Crippen molar-refractivity contribution in [3.8, 4) is 6.07 Å². The minimum atomic E-state index is -0.291. The van der Waals surface area contributed by atoms with Crippen molar-refractivity contribution in [1.29, 1.82) is 5.26 Å². The molecule has 332 valence electrons. The van der Waals surface area contributed by atoms with E-state index in [-0.39, 0.29) is 36.0 Å². The Morgan fingerprint density at radius 1 is 0.694 bits per heavy atom. The van der Waals surface area contributed by atoms with Gasteiger partial charge in [-0.2, -0.15) is 5.26 Å². The highest BCUT2D eigenvalue weighted by molar-refractivity contribution is 6.00. The number of rotatable bonds is 5. The summed E-state index contributed by atoms with van der Waals surface area (Å²) in [4.78, 5) is 34.9. The number of carbonyl (C=O) groups excluding carboxylic acids is 3. The minimum absolute atomic E-state index is 0. The second kappa shape index (κ2) is 25.0. The number of nitrogens with zero attached hydrogens (tertiary/aromatic N) is 4. The van der Waals surface area contributed by atoms with Crippen LogP contribution in [0, 0.1) is 31.1 Å². The molecule has 2 aromatic carbocycles. The number of amides is 3. The maximum absolute atomic E-state index is 12.1. The zero-order valence-corrected chi connectivity index (χ0v) is 36.3. The van der Waals surface area contributed by atoms with Gasteiger partial charge in [0.15, 0.2) is 17.5 Å². The summed E-state index contributed by atoms with van der Waals surface area (Å²) >= 11 is 0. The second-order valence-corrected chi connectivity index (χ2v) is 15.4. The second-order valence-electron chi connectivity index (χ2n) is 15.4. The van der Waals surface area contributed by atoms with E-state index in [1.165, 1.54) is 12.8 Å². The fourth-order valence-electron chi connectivity index (χ4n) is 7.63. The molecule has 4 aliphatic carbocycles. The topological polar surface area (TPSA) is 261 Å². The van der Waals surface area contributed by atoms with Crippen molar-refractivity contribution in [1.82, 2.24) is 15.5 Å². The molecular formula is C45H58ClN9O7. The van der Waals surface area contributed by atoms with Crippen molar-refractivity contribution < 1.29 is 33.2 Å². The molecule has 16 nitrogen and oxygen atoms in total. The molecule has 0 spiro atoms. The van der Waals surface area contributed by atoms with Crippen molar-refractivity contribution in [2.24, 2.45) is 11.8 Å². The number of carbonyl (C=O) groups is 3. The summed E-state index contributed by atoms with van der Waals surface area (Å²) in [6.07, 6.45) is 16.5. The van der Waals surface area contributed by atoms with E-state index in [0.717, 1.165) is 140 Å². The van der Waals surface area contributed by atoms with Gasteiger partial charge in [-0.1, -0.05) is 64.4 Å². The lowest BCUT2D eigenvalue weighted by Gasteiger charge is -2.12. The number of urea groups is 1. The van der Waals surface area contributed by atoms with Crippen LogP contribution in [-0.2, 0) is 54.5 Å². The first-order valence-electron chi connectivity index (χ1n) is 21.0. The molecule has 0 aliphatic heterocycles. The Balaban J connectivity index is 0.000000188. The molecule has 8 N–H and O–H groups in total. The van der Waals surface area contributed by atoms with Crippen molar-refractivity contribution >= 4 is 53.3 Å². The van der Waals surface area contributed by atoms with Crippen LogP contribution < -0.4 is 27.6 Å². The van der Waals surface area contributed by atoms with E-state index < -0.39 is 0 Å². The lowest BCUT2D eigenvalue weighted by Crippen LogP contribution is -2.21. The quantitative estimate of drug-likeness (QED) is 0.0904. The first kappa shape index (κ1) is 48.6. The molecule has 1 fully saturated rings. The third kappa shape index (κ3) is 13.7. The van der Waals surface area contributed by atoms with Gasteiger partial charge in [0.05, 0.1) is 12.5 Å². The van der Waals surface area contributed by atoms with E-state index in [9.17, 15) is 14.4 Å². The average Bonchev–Trinajstić information content (AvgIpc) is 4.01. The van der Waals surface area contributed by atoms with Crippen LogP contribution in [0.3, 0.4) is 0 Å². The number of nitrogens with two attached hydrogens (primary N) is 2. The molecule has 5 aromatic rings. The van der Waals surface area contributed by atoms with E-state index in [0.29, 0.717) is 30.3 Å². The highest BCUT2D eigenvalue weighted by Crippen LogP contribution is 2.29. The summed E-state index contributed by atoms with van der Waals surface area (Å²) in [7, 11) is 0. The zero-order valence-electron chi connectivity index (χ0n) is 35.5. The van der Waals surface area contributed by atoms with Crippen molar-refractivity contribution in [3.05, 3.63) is 99.2 Å². The van der Waals surface area contributed by atoms with Crippen molar-refractivity contribution in [2.45, 2.75) is 123 Å². The molecule has 3 aromatic heterocycles. The molecule has 3 amide bonds. The molecule has 0 saturated heterocycles. The summed E-state index contributed by atoms with van der Waals surface area (Å²) in [5.41, 5.74) is 12.8. The average molecular weight is 872 g/mol. The van der Waals surface area contributed by atoms with Gasteiger partial charge in [-0.25, -0.2) is 10.7 Å². The number of ketones is 1. The Morgan fingerprint density at radius 2 is 1.19 bits per heavy atom. The van der Waals surface area contributed by atoms with E-state index in [2.05, 4.69) is 37.3 Å². The van der Waals surface area contributed by atoms with Crippen LogP contribution in [0.2, 0.25) is 0 Å². The fraction of sp³-hybridized carbons (Fsp3) is 0.444. The Kier molecular flexibility index (Phi) is 19.6. The maximum Gasteiger partial charge on any atom is 0.324 e. The van der Waals surface area contributed by atoms with Crippen LogP contribution in [0.5, 0.6) is 0 Å². The fourth-order valence-corrected chi connectivity index (χ4v) is 7.63. The molecule has 17 heteroatoms. The molecular weight excluding hydrogens is 814 g/mol. The SMILES string of the molecule is Cc1ccccc1CC(=O)Nc1noc2c1CCCC2.Cc1ccccc1NC(=O)Nc1noc2c1CCCC2.Cl.N#CC1CCCCC1=O.NO.Nc1noc2c1CCCC2. The number of hydrogen-bond donors (Lipinski definition) is 6. The standard InChI is InChI=1S/C16H18N2O2.C15H17N3O2.C7H10N2O.C7H9NO.ClH.H3NO/c1-11-6-2-3-7-12(11)10-15(19)17-16-13-8-4-5-9-14(13)20-18-16;1-10-6-2-4-8-12(10)16-15(19)17-14-11-7-3-5-9-13(11)20-18-14;8-7-5-3-1-2-4-6(5)10-9-7;8-5-6-3-1-2-4-7(6)9;;1-2/h2-3,6-7H,4-5,8-10H2,1H3,(H,17,18,19);2,4,6,8H,3,5,7,9H2,1H3,(H2,16,17,18,19);1-4H2,(H2,8,9);6H,1-4H2;1H;2H,1H2. The van der Waals surface area contributed by atoms with Crippen LogP contribution in [0.1, 0.15) is 115 Å². The molecule has 1 unspecified atom stereocenters. The van der Waals surface area contributed by atoms with E-state index in [4.69, 9.17) is 29.8 Å².